The molecule has 1 unspecified atom stereocenters. The van der Waals surface area contributed by atoms with Gasteiger partial charge in [0.25, 0.3) is 0 Å². The number of aryl methyl sites for hydroxylation is 1. The molecular formula is C18H18N2O2. The molecule has 0 aromatic heterocycles. The average molecular weight is 294 g/mol. The van der Waals surface area contributed by atoms with Gasteiger partial charge in [0, 0.05) is 12.6 Å². The second-order valence-electron chi connectivity index (χ2n) is 5.30. The quantitative estimate of drug-likeness (QED) is 0.910. The van der Waals surface area contributed by atoms with Gasteiger partial charge in [0.05, 0.1) is 5.69 Å². The maximum Gasteiger partial charge on any atom is 0.412 e. The van der Waals surface area contributed by atoms with Crippen molar-refractivity contribution in [3.8, 4) is 5.75 Å². The highest BCUT2D eigenvalue weighted by Crippen LogP contribution is 2.23. The lowest BCUT2D eigenvalue weighted by molar-refractivity contribution is 0.200. The molecule has 0 aliphatic carbocycles. The molecule has 1 aliphatic rings. The Hall–Kier alpha value is -2.67. The van der Waals surface area contributed by atoms with Crippen molar-refractivity contribution < 1.29 is 9.53 Å². The normalized spacial score (nSPS) is 15.9. The second kappa shape index (κ2) is 6.86. The SMILES string of the molecule is O=C(NCCC1CCc2ccc#cc2N1)Oc1ccccc1. The summed E-state index contributed by atoms with van der Waals surface area (Å²) in [6, 6.07) is 19.4. The van der Waals surface area contributed by atoms with Crippen LogP contribution in [0.2, 0.25) is 0 Å². The number of carbonyl (C=O) groups is 1. The molecule has 4 heteroatoms. The van der Waals surface area contributed by atoms with Gasteiger partial charge in [0.1, 0.15) is 5.75 Å². The molecule has 112 valence electrons. The fraction of sp³-hybridized carbons (Fsp3) is 0.278. The van der Waals surface area contributed by atoms with Crippen LogP contribution in [0.15, 0.2) is 42.5 Å². The second-order valence-corrected chi connectivity index (χ2v) is 5.30. The number of carbonyl (C=O) groups excluding carboxylic acids is 1. The largest absolute Gasteiger partial charge is 0.412 e. The van der Waals surface area contributed by atoms with E-state index >= 15 is 0 Å². The van der Waals surface area contributed by atoms with E-state index in [1.54, 1.807) is 12.1 Å². The van der Waals surface area contributed by atoms with Crippen LogP contribution in [0.3, 0.4) is 0 Å². The van der Waals surface area contributed by atoms with E-state index in [2.05, 4.69) is 28.8 Å². The molecule has 0 fully saturated rings. The molecule has 0 bridgehead atoms. The molecule has 22 heavy (non-hydrogen) atoms. The van der Waals surface area contributed by atoms with Gasteiger partial charge in [-0.3, -0.25) is 0 Å². The lowest BCUT2D eigenvalue weighted by Gasteiger charge is -2.25. The fourth-order valence-corrected chi connectivity index (χ4v) is 2.56. The minimum absolute atomic E-state index is 0.344. The number of para-hydroxylation sites is 1. The number of amides is 1. The average Bonchev–Trinajstić information content (AvgIpc) is 2.55. The van der Waals surface area contributed by atoms with E-state index in [0.717, 1.165) is 24.9 Å². The van der Waals surface area contributed by atoms with Crippen molar-refractivity contribution in [3.05, 3.63) is 60.2 Å². The predicted molar refractivity (Wildman–Crippen MR) is 84.9 cm³/mol. The Labute approximate surface area is 130 Å². The van der Waals surface area contributed by atoms with Crippen LogP contribution >= 0.6 is 0 Å². The standard InChI is InChI=1S/C18H18N2O2/c21-18(22-16-7-2-1-3-8-16)19-13-12-15-11-10-14-6-4-5-9-17(14)20-15/h1-4,6-8,15,20H,10-13H2,(H,19,21). The van der Waals surface area contributed by atoms with Crippen molar-refractivity contribution in [1.29, 1.82) is 0 Å². The summed E-state index contributed by atoms with van der Waals surface area (Å²) in [6.07, 6.45) is 2.53. The van der Waals surface area contributed by atoms with Crippen molar-refractivity contribution in [2.45, 2.75) is 25.3 Å². The Morgan fingerprint density at radius 3 is 3.05 bits per heavy atom. The van der Waals surface area contributed by atoms with Gasteiger partial charge >= 0.3 is 6.09 Å². The zero-order valence-electron chi connectivity index (χ0n) is 12.3. The molecular weight excluding hydrogens is 276 g/mol. The maximum atomic E-state index is 11.7. The highest BCUT2D eigenvalue weighted by molar-refractivity contribution is 5.70. The van der Waals surface area contributed by atoms with Gasteiger partial charge in [0.15, 0.2) is 0 Å². The zero-order chi connectivity index (χ0) is 15.2. The number of rotatable bonds is 4. The van der Waals surface area contributed by atoms with Crippen molar-refractivity contribution in [2.24, 2.45) is 0 Å². The third kappa shape index (κ3) is 3.70. The number of benzene rings is 1. The molecule has 1 aliphatic heterocycles. The molecule has 0 spiro atoms. The summed E-state index contributed by atoms with van der Waals surface area (Å²) in [5.41, 5.74) is 2.32. The van der Waals surface area contributed by atoms with Crippen LogP contribution in [0.1, 0.15) is 18.4 Å². The lowest BCUT2D eigenvalue weighted by atomic mass is 9.97. The van der Waals surface area contributed by atoms with Gasteiger partial charge in [-0.25, -0.2) is 4.79 Å². The molecule has 2 aromatic rings. The number of nitrogens with one attached hydrogen (secondary N) is 2. The Kier molecular flexibility index (Phi) is 4.45. The number of hydrogen-bond donors (Lipinski definition) is 2. The number of anilines is 1. The molecule has 1 atom stereocenters. The van der Waals surface area contributed by atoms with Gasteiger partial charge in [0.2, 0.25) is 0 Å². The van der Waals surface area contributed by atoms with E-state index in [1.807, 2.05) is 24.3 Å². The van der Waals surface area contributed by atoms with E-state index in [0.29, 0.717) is 18.3 Å². The molecule has 1 amide bonds. The maximum absolute atomic E-state index is 11.7. The van der Waals surface area contributed by atoms with Crippen molar-refractivity contribution in [3.63, 3.8) is 0 Å². The minimum atomic E-state index is -0.415. The summed E-state index contributed by atoms with van der Waals surface area (Å²) >= 11 is 0. The molecule has 0 saturated heterocycles. The topological polar surface area (TPSA) is 50.4 Å². The molecule has 0 saturated carbocycles. The first kappa shape index (κ1) is 14.3. The van der Waals surface area contributed by atoms with Crippen molar-refractivity contribution in [1.82, 2.24) is 5.32 Å². The van der Waals surface area contributed by atoms with Gasteiger partial charge in [-0.05, 0) is 55.2 Å². The summed E-state index contributed by atoms with van der Waals surface area (Å²) in [5.74, 6) is 0.551. The lowest BCUT2D eigenvalue weighted by Crippen LogP contribution is -2.33. The summed E-state index contributed by atoms with van der Waals surface area (Å²) in [7, 11) is 0. The third-order valence-corrected chi connectivity index (χ3v) is 3.71. The van der Waals surface area contributed by atoms with Crippen LogP contribution in [-0.4, -0.2) is 18.7 Å². The van der Waals surface area contributed by atoms with Crippen LogP contribution in [0, 0.1) is 12.1 Å². The highest BCUT2D eigenvalue weighted by atomic mass is 16.5. The van der Waals surface area contributed by atoms with Gasteiger partial charge < -0.3 is 15.4 Å². The van der Waals surface area contributed by atoms with Crippen LogP contribution in [0.5, 0.6) is 5.75 Å². The van der Waals surface area contributed by atoms with Crippen LogP contribution in [0.25, 0.3) is 0 Å². The van der Waals surface area contributed by atoms with Crippen LogP contribution in [-0.2, 0) is 6.42 Å². The van der Waals surface area contributed by atoms with E-state index in [9.17, 15) is 4.79 Å². The highest BCUT2D eigenvalue weighted by Gasteiger charge is 2.17. The van der Waals surface area contributed by atoms with E-state index in [-0.39, 0.29) is 0 Å². The first-order chi connectivity index (χ1) is 10.8. The third-order valence-electron chi connectivity index (χ3n) is 3.71. The summed E-state index contributed by atoms with van der Waals surface area (Å²) in [6.45, 7) is 0.579. The molecule has 0 radical (unpaired) electrons. The first-order valence-electron chi connectivity index (χ1n) is 7.50. The molecule has 4 nitrogen and oxygen atoms in total. The first-order valence-corrected chi connectivity index (χ1v) is 7.50. The van der Waals surface area contributed by atoms with Crippen molar-refractivity contribution >= 4 is 11.8 Å². The van der Waals surface area contributed by atoms with Gasteiger partial charge in [-0.15, -0.1) is 0 Å². The fourth-order valence-electron chi connectivity index (χ4n) is 2.56. The van der Waals surface area contributed by atoms with Gasteiger partial charge in [-0.2, -0.15) is 0 Å². The Morgan fingerprint density at radius 1 is 1.32 bits per heavy atom. The van der Waals surface area contributed by atoms with Gasteiger partial charge in [-0.1, -0.05) is 24.3 Å². The predicted octanol–water partition coefficient (Wildman–Crippen LogP) is 3.19. The summed E-state index contributed by atoms with van der Waals surface area (Å²) < 4.78 is 5.18. The number of hydrogen-bond acceptors (Lipinski definition) is 3. The van der Waals surface area contributed by atoms with E-state index < -0.39 is 6.09 Å². The monoisotopic (exact) mass is 294 g/mol. The number of ether oxygens (including phenoxy) is 1. The Morgan fingerprint density at radius 2 is 2.18 bits per heavy atom. The van der Waals surface area contributed by atoms with E-state index in [4.69, 9.17) is 4.74 Å². The Balaban J connectivity index is 1.41. The van der Waals surface area contributed by atoms with Crippen LogP contribution < -0.4 is 15.4 Å². The van der Waals surface area contributed by atoms with E-state index in [1.165, 1.54) is 5.56 Å². The molecule has 3 rings (SSSR count). The number of fused-ring (bicyclic) bond motifs is 1. The Bertz CT molecular complexity index is 628. The zero-order valence-corrected chi connectivity index (χ0v) is 12.3. The summed E-state index contributed by atoms with van der Waals surface area (Å²) in [4.78, 5) is 11.7. The molecule has 1 heterocycles. The summed E-state index contributed by atoms with van der Waals surface area (Å²) in [5, 5.41) is 6.22. The molecule has 2 N–H and O–H groups in total. The van der Waals surface area contributed by atoms with Crippen molar-refractivity contribution in [2.75, 3.05) is 11.9 Å². The minimum Gasteiger partial charge on any atom is -0.410 e. The molecule has 2 aromatic carbocycles. The van der Waals surface area contributed by atoms with Crippen LogP contribution in [0.4, 0.5) is 10.5 Å². The smallest absolute Gasteiger partial charge is 0.410 e.